The summed E-state index contributed by atoms with van der Waals surface area (Å²) in [5.41, 5.74) is 2.80. The summed E-state index contributed by atoms with van der Waals surface area (Å²) in [5.74, 6) is 0.824. The van der Waals surface area contributed by atoms with Gasteiger partial charge in [0, 0.05) is 50.2 Å². The van der Waals surface area contributed by atoms with Gasteiger partial charge < -0.3 is 15.0 Å². The van der Waals surface area contributed by atoms with Crippen LogP contribution in [0.5, 0.6) is 0 Å². The maximum absolute atomic E-state index is 13.1. The van der Waals surface area contributed by atoms with Crippen LogP contribution in [0.25, 0.3) is 5.52 Å². The Kier molecular flexibility index (Phi) is 5.85. The highest BCUT2D eigenvalue weighted by Gasteiger charge is 2.32. The molecule has 31 heavy (non-hydrogen) atoms. The first-order chi connectivity index (χ1) is 14.7. The Morgan fingerprint density at radius 3 is 2.90 bits per heavy atom. The highest BCUT2D eigenvalue weighted by molar-refractivity contribution is 5.83. The number of nitrogens with one attached hydrogen (secondary N) is 2. The quantitative estimate of drug-likeness (QED) is 0.636. The molecule has 1 saturated heterocycles. The number of aromatic nitrogens is 4. The highest BCUT2D eigenvalue weighted by atomic mass is 16.2. The zero-order chi connectivity index (χ0) is 22.2. The lowest BCUT2D eigenvalue weighted by Gasteiger charge is -2.35. The van der Waals surface area contributed by atoms with Gasteiger partial charge in [0.15, 0.2) is 0 Å². The minimum absolute atomic E-state index is 0.00280. The van der Waals surface area contributed by atoms with Crippen molar-refractivity contribution in [3.05, 3.63) is 53.9 Å². The molecule has 1 aliphatic rings. The molecule has 1 aliphatic heterocycles. The van der Waals surface area contributed by atoms with Gasteiger partial charge in [-0.15, -0.1) is 0 Å². The van der Waals surface area contributed by atoms with Crippen LogP contribution in [0.15, 0.2) is 36.9 Å². The molecule has 1 atom stereocenters. The first-order valence-electron chi connectivity index (χ1n) is 11.0. The topological polar surface area (TPSA) is 79.5 Å². The minimum atomic E-state index is -0.598. The number of rotatable bonds is 6. The van der Waals surface area contributed by atoms with E-state index in [9.17, 15) is 4.79 Å². The van der Waals surface area contributed by atoms with Gasteiger partial charge in [0.05, 0.1) is 29.5 Å². The van der Waals surface area contributed by atoms with E-state index in [1.807, 2.05) is 43.2 Å². The predicted molar refractivity (Wildman–Crippen MR) is 121 cm³/mol. The molecule has 8 nitrogen and oxygen atoms in total. The number of pyridine rings is 1. The molecule has 4 heterocycles. The van der Waals surface area contributed by atoms with Crippen molar-refractivity contribution in [2.45, 2.75) is 58.8 Å². The van der Waals surface area contributed by atoms with Crippen molar-refractivity contribution in [3.63, 3.8) is 0 Å². The Hall–Kier alpha value is -2.71. The fourth-order valence-corrected chi connectivity index (χ4v) is 4.21. The lowest BCUT2D eigenvalue weighted by molar-refractivity contribution is -0.126. The third kappa shape index (κ3) is 4.50. The van der Waals surface area contributed by atoms with Crippen LogP contribution in [0, 0.1) is 6.92 Å². The molecule has 8 heteroatoms. The molecular formula is C23H33N7O. The Labute approximate surface area is 183 Å². The van der Waals surface area contributed by atoms with Crippen LogP contribution in [0.1, 0.15) is 50.7 Å². The summed E-state index contributed by atoms with van der Waals surface area (Å²) in [5, 5.41) is 11.0. The molecule has 0 aromatic carbocycles. The maximum atomic E-state index is 13.1. The second-order valence-corrected chi connectivity index (χ2v) is 9.31. The first kappa shape index (κ1) is 21.5. The Bertz CT molecular complexity index is 1070. The first-order valence-corrected chi connectivity index (χ1v) is 11.0. The Morgan fingerprint density at radius 2 is 2.16 bits per heavy atom. The summed E-state index contributed by atoms with van der Waals surface area (Å²) in [6, 6.07) is 4.16. The largest absolute Gasteiger partial charge is 0.343 e. The predicted octanol–water partition coefficient (Wildman–Crippen LogP) is 2.25. The summed E-state index contributed by atoms with van der Waals surface area (Å²) < 4.78 is 4.03. The van der Waals surface area contributed by atoms with Gasteiger partial charge in [0.1, 0.15) is 5.82 Å². The standard InChI is InChI=1S/C23H33N7O/c1-16(2)30-14-18(11-26-30)13-28-10-8-24-19(15-28)21(31)27-23(4,5)22-25-12-20-17(3)7-6-9-29(20)22/h6-7,9,11-12,14,16,19,24H,8,10,13,15H2,1-5H3,(H,27,31)/t19-/m0/s1. The molecule has 3 aromatic rings. The van der Waals surface area contributed by atoms with Gasteiger partial charge in [-0.25, -0.2) is 4.98 Å². The maximum Gasteiger partial charge on any atom is 0.239 e. The number of nitrogens with zero attached hydrogens (tertiary/aromatic N) is 5. The zero-order valence-electron chi connectivity index (χ0n) is 19.1. The number of aryl methyl sites for hydroxylation is 1. The molecule has 2 N–H and O–H groups in total. The van der Waals surface area contributed by atoms with Crippen LogP contribution < -0.4 is 10.6 Å². The number of amides is 1. The number of carbonyl (C=O) groups is 1. The van der Waals surface area contributed by atoms with Gasteiger partial charge in [0.25, 0.3) is 0 Å². The van der Waals surface area contributed by atoms with E-state index in [0.717, 1.165) is 36.5 Å². The third-order valence-electron chi connectivity index (χ3n) is 5.94. The number of carbonyl (C=O) groups excluding carboxylic acids is 1. The van der Waals surface area contributed by atoms with Crippen molar-refractivity contribution < 1.29 is 4.79 Å². The fourth-order valence-electron chi connectivity index (χ4n) is 4.21. The van der Waals surface area contributed by atoms with Crippen molar-refractivity contribution in [3.8, 4) is 0 Å². The van der Waals surface area contributed by atoms with E-state index in [1.54, 1.807) is 0 Å². The SMILES string of the molecule is Cc1cccn2c(C(C)(C)NC(=O)[C@@H]3CN(Cc4cnn(C(C)C)c4)CCN3)ncc12. The molecule has 1 fully saturated rings. The number of hydrogen-bond acceptors (Lipinski definition) is 5. The third-order valence-corrected chi connectivity index (χ3v) is 5.94. The van der Waals surface area contributed by atoms with Crippen molar-refractivity contribution in [2.75, 3.05) is 19.6 Å². The summed E-state index contributed by atoms with van der Waals surface area (Å²) in [4.78, 5) is 20.1. The molecule has 0 unspecified atom stereocenters. The van der Waals surface area contributed by atoms with Crippen molar-refractivity contribution in [1.82, 2.24) is 34.7 Å². The van der Waals surface area contributed by atoms with Gasteiger partial charge >= 0.3 is 0 Å². The van der Waals surface area contributed by atoms with Crippen LogP contribution in [0.4, 0.5) is 0 Å². The zero-order valence-corrected chi connectivity index (χ0v) is 19.1. The van der Waals surface area contributed by atoms with Crippen LogP contribution in [0.3, 0.4) is 0 Å². The lowest BCUT2D eigenvalue weighted by Crippen LogP contribution is -2.59. The van der Waals surface area contributed by atoms with Gasteiger partial charge in [-0.1, -0.05) is 6.07 Å². The Balaban J connectivity index is 1.42. The van der Waals surface area contributed by atoms with Gasteiger partial charge in [0.2, 0.25) is 5.91 Å². The van der Waals surface area contributed by atoms with Gasteiger partial charge in [-0.05, 0) is 46.2 Å². The molecule has 0 bridgehead atoms. The second kappa shape index (κ2) is 8.43. The second-order valence-electron chi connectivity index (χ2n) is 9.31. The van der Waals surface area contributed by atoms with Crippen LogP contribution in [-0.4, -0.2) is 55.6 Å². The van der Waals surface area contributed by atoms with Gasteiger partial charge in [-0.2, -0.15) is 5.10 Å². The van der Waals surface area contributed by atoms with E-state index in [1.165, 1.54) is 5.56 Å². The number of piperazine rings is 1. The van der Waals surface area contributed by atoms with Crippen molar-refractivity contribution >= 4 is 11.4 Å². The van der Waals surface area contributed by atoms with E-state index >= 15 is 0 Å². The fraction of sp³-hybridized carbons (Fsp3) is 0.522. The highest BCUT2D eigenvalue weighted by Crippen LogP contribution is 2.22. The number of imidazole rings is 1. The summed E-state index contributed by atoms with van der Waals surface area (Å²) >= 11 is 0. The minimum Gasteiger partial charge on any atom is -0.343 e. The molecule has 0 aliphatic carbocycles. The molecule has 1 amide bonds. The summed E-state index contributed by atoms with van der Waals surface area (Å²) in [6.07, 6.45) is 7.88. The normalized spacial score (nSPS) is 18.1. The van der Waals surface area contributed by atoms with Crippen molar-refractivity contribution in [1.29, 1.82) is 0 Å². The van der Waals surface area contributed by atoms with E-state index < -0.39 is 5.54 Å². The van der Waals surface area contributed by atoms with E-state index in [2.05, 4.69) is 63.1 Å². The van der Waals surface area contributed by atoms with Crippen molar-refractivity contribution in [2.24, 2.45) is 0 Å². The van der Waals surface area contributed by atoms with Crippen LogP contribution >= 0.6 is 0 Å². The number of hydrogen-bond donors (Lipinski definition) is 2. The smallest absolute Gasteiger partial charge is 0.239 e. The van der Waals surface area contributed by atoms with Gasteiger partial charge in [-0.3, -0.25) is 14.4 Å². The average molecular weight is 424 g/mol. The Morgan fingerprint density at radius 1 is 1.35 bits per heavy atom. The summed E-state index contributed by atoms with van der Waals surface area (Å²) in [7, 11) is 0. The number of fused-ring (bicyclic) bond motifs is 1. The molecule has 4 rings (SSSR count). The molecular weight excluding hydrogens is 390 g/mol. The van der Waals surface area contributed by atoms with E-state index in [0.29, 0.717) is 12.6 Å². The molecule has 166 valence electrons. The monoisotopic (exact) mass is 423 g/mol. The van der Waals surface area contributed by atoms with E-state index in [4.69, 9.17) is 0 Å². The van der Waals surface area contributed by atoms with Crippen LogP contribution in [-0.2, 0) is 16.9 Å². The van der Waals surface area contributed by atoms with Crippen LogP contribution in [0.2, 0.25) is 0 Å². The summed E-state index contributed by atoms with van der Waals surface area (Å²) in [6.45, 7) is 13.5. The molecule has 0 radical (unpaired) electrons. The molecule has 3 aromatic heterocycles. The average Bonchev–Trinajstić information content (AvgIpc) is 3.36. The lowest BCUT2D eigenvalue weighted by atomic mass is 10.0. The van der Waals surface area contributed by atoms with E-state index in [-0.39, 0.29) is 11.9 Å². The molecule has 0 saturated carbocycles. The molecule has 0 spiro atoms.